The summed E-state index contributed by atoms with van der Waals surface area (Å²) in [5, 5.41) is 2.56. The Balaban J connectivity index is 1.65. The van der Waals surface area contributed by atoms with Crippen molar-refractivity contribution in [1.82, 2.24) is 10.2 Å². The van der Waals surface area contributed by atoms with Crippen molar-refractivity contribution in [3.8, 4) is 0 Å². The minimum atomic E-state index is -0.968. The van der Waals surface area contributed by atoms with E-state index in [9.17, 15) is 14.4 Å². The molecule has 1 aliphatic heterocycles. The van der Waals surface area contributed by atoms with Gasteiger partial charge in [-0.1, -0.05) is 6.92 Å². The van der Waals surface area contributed by atoms with Crippen molar-refractivity contribution in [3.63, 3.8) is 0 Å². The molecule has 0 saturated carbocycles. The van der Waals surface area contributed by atoms with Gasteiger partial charge in [-0.2, -0.15) is 0 Å². The molecule has 3 rings (SSSR count). The van der Waals surface area contributed by atoms with E-state index < -0.39 is 24.0 Å². The smallest absolute Gasteiger partial charge is 0.349 e. The van der Waals surface area contributed by atoms with E-state index in [4.69, 9.17) is 4.74 Å². The number of urea groups is 1. The Kier molecular flexibility index (Phi) is 4.39. The maximum Gasteiger partial charge on any atom is 0.349 e. The maximum absolute atomic E-state index is 12.3. The Morgan fingerprint density at radius 2 is 2.26 bits per heavy atom. The minimum Gasteiger partial charge on any atom is -0.448 e. The third-order valence-electron chi connectivity index (χ3n) is 4.28. The number of fused-ring (bicyclic) bond motifs is 1. The first-order chi connectivity index (χ1) is 11.0. The molecule has 3 amide bonds. The van der Waals surface area contributed by atoms with Crippen LogP contribution in [0.5, 0.6) is 0 Å². The number of nitrogens with zero attached hydrogens (tertiary/aromatic N) is 1. The Morgan fingerprint density at radius 1 is 1.48 bits per heavy atom. The van der Waals surface area contributed by atoms with Gasteiger partial charge in [-0.05, 0) is 43.7 Å². The van der Waals surface area contributed by atoms with Gasteiger partial charge in [0.2, 0.25) is 0 Å². The number of hydrogen-bond donors (Lipinski definition) is 1. The van der Waals surface area contributed by atoms with Gasteiger partial charge >= 0.3 is 12.0 Å². The zero-order chi connectivity index (χ0) is 16.6. The first-order valence-corrected chi connectivity index (χ1v) is 8.69. The quantitative estimate of drug-likeness (QED) is 0.856. The number of hydrogen-bond acceptors (Lipinski definition) is 5. The molecule has 1 aromatic heterocycles. The van der Waals surface area contributed by atoms with Crippen molar-refractivity contribution in [2.24, 2.45) is 5.92 Å². The lowest BCUT2D eigenvalue weighted by molar-refractivity contribution is -0.135. The summed E-state index contributed by atoms with van der Waals surface area (Å²) in [4.78, 5) is 38.8. The number of rotatable bonds is 3. The summed E-state index contributed by atoms with van der Waals surface area (Å²) in [6.07, 6.45) is 2.16. The van der Waals surface area contributed by atoms with Crippen LogP contribution >= 0.6 is 11.3 Å². The number of nitrogens with one attached hydrogen (secondary N) is 1. The van der Waals surface area contributed by atoms with Gasteiger partial charge in [0, 0.05) is 18.0 Å². The molecule has 2 heterocycles. The fraction of sp³-hybridized carbons (Fsp3) is 0.562. The molecule has 1 aromatic rings. The lowest BCUT2D eigenvalue weighted by Crippen LogP contribution is -2.41. The summed E-state index contributed by atoms with van der Waals surface area (Å²) < 4.78 is 5.26. The van der Waals surface area contributed by atoms with E-state index in [-0.39, 0.29) is 0 Å². The molecular weight excluding hydrogens is 316 g/mol. The van der Waals surface area contributed by atoms with Crippen LogP contribution in [0.25, 0.3) is 0 Å². The lowest BCUT2D eigenvalue weighted by atomic mass is 9.90. The molecule has 23 heavy (non-hydrogen) atoms. The van der Waals surface area contributed by atoms with Crippen LogP contribution in [0, 0.1) is 5.92 Å². The molecule has 0 unspecified atom stereocenters. The van der Waals surface area contributed by atoms with Gasteiger partial charge in [0.15, 0.2) is 6.10 Å². The highest BCUT2D eigenvalue weighted by molar-refractivity contribution is 7.14. The monoisotopic (exact) mass is 336 g/mol. The Hall–Kier alpha value is -1.89. The molecule has 1 aliphatic carbocycles. The van der Waals surface area contributed by atoms with Crippen molar-refractivity contribution in [1.29, 1.82) is 0 Å². The predicted octanol–water partition coefficient (Wildman–Crippen LogP) is 1.97. The van der Waals surface area contributed by atoms with Crippen molar-refractivity contribution in [3.05, 3.63) is 21.4 Å². The Labute approximate surface area is 138 Å². The molecule has 1 fully saturated rings. The van der Waals surface area contributed by atoms with Crippen LogP contribution in [0.1, 0.15) is 40.4 Å². The first-order valence-electron chi connectivity index (χ1n) is 7.87. The summed E-state index contributed by atoms with van der Waals surface area (Å²) in [7, 11) is 0. The highest BCUT2D eigenvalue weighted by Crippen LogP contribution is 2.32. The number of esters is 1. The molecule has 124 valence electrons. The highest BCUT2D eigenvalue weighted by atomic mass is 32.1. The normalized spacial score (nSPS) is 21.6. The van der Waals surface area contributed by atoms with Crippen LogP contribution in [0.2, 0.25) is 0 Å². The molecule has 0 radical (unpaired) electrons. The van der Waals surface area contributed by atoms with Gasteiger partial charge in [-0.15, -0.1) is 11.3 Å². The molecule has 0 bridgehead atoms. The fourth-order valence-corrected chi connectivity index (χ4v) is 4.07. The number of thiophene rings is 1. The van der Waals surface area contributed by atoms with Gasteiger partial charge in [-0.3, -0.25) is 9.69 Å². The number of amides is 3. The van der Waals surface area contributed by atoms with Crippen molar-refractivity contribution < 1.29 is 19.1 Å². The van der Waals surface area contributed by atoms with Gasteiger partial charge in [0.1, 0.15) is 4.88 Å². The second-order valence-electron chi connectivity index (χ2n) is 6.18. The van der Waals surface area contributed by atoms with E-state index in [1.807, 2.05) is 6.07 Å². The Morgan fingerprint density at radius 3 is 2.96 bits per heavy atom. The summed E-state index contributed by atoms with van der Waals surface area (Å²) in [6, 6.07) is 1.45. The highest BCUT2D eigenvalue weighted by Gasteiger charge is 2.32. The molecule has 0 spiro atoms. The molecule has 6 nitrogen and oxygen atoms in total. The summed E-state index contributed by atoms with van der Waals surface area (Å²) in [5.41, 5.74) is 1.22. The predicted molar refractivity (Wildman–Crippen MR) is 85.5 cm³/mol. The largest absolute Gasteiger partial charge is 0.448 e. The molecule has 2 aliphatic rings. The number of carbonyl (C=O) groups is 3. The minimum absolute atomic E-state index is 0.310. The lowest BCUT2D eigenvalue weighted by Gasteiger charge is -2.17. The third kappa shape index (κ3) is 3.24. The zero-order valence-corrected chi connectivity index (χ0v) is 14.1. The van der Waals surface area contributed by atoms with Crippen LogP contribution in [-0.2, 0) is 22.4 Å². The SMILES string of the molecule is C[C@H]1CCc2sc(C(=O)O[C@H](C)C(=O)N3CCNC3=O)cc2C1. The molecule has 1 saturated heterocycles. The van der Waals surface area contributed by atoms with Crippen molar-refractivity contribution in [2.75, 3.05) is 13.1 Å². The fourth-order valence-electron chi connectivity index (χ4n) is 2.98. The summed E-state index contributed by atoms with van der Waals surface area (Å²) >= 11 is 1.45. The molecule has 7 heteroatoms. The number of aryl methyl sites for hydroxylation is 1. The van der Waals surface area contributed by atoms with Gasteiger partial charge in [-0.25, -0.2) is 9.59 Å². The van der Waals surface area contributed by atoms with Gasteiger partial charge in [0.25, 0.3) is 5.91 Å². The van der Waals surface area contributed by atoms with E-state index in [0.717, 1.165) is 24.2 Å². The third-order valence-corrected chi connectivity index (χ3v) is 5.50. The van der Waals surface area contributed by atoms with Crippen LogP contribution in [-0.4, -0.2) is 42.0 Å². The van der Waals surface area contributed by atoms with E-state index in [0.29, 0.717) is 23.9 Å². The average Bonchev–Trinajstić information content (AvgIpc) is 3.11. The van der Waals surface area contributed by atoms with Crippen LogP contribution in [0.3, 0.4) is 0 Å². The maximum atomic E-state index is 12.3. The molecule has 2 atom stereocenters. The van der Waals surface area contributed by atoms with Gasteiger partial charge in [0.05, 0.1) is 0 Å². The second-order valence-corrected chi connectivity index (χ2v) is 7.31. The van der Waals surface area contributed by atoms with E-state index in [1.54, 1.807) is 0 Å². The van der Waals surface area contributed by atoms with Crippen LogP contribution in [0.4, 0.5) is 4.79 Å². The van der Waals surface area contributed by atoms with Crippen molar-refractivity contribution in [2.45, 2.75) is 39.2 Å². The topological polar surface area (TPSA) is 75.7 Å². The van der Waals surface area contributed by atoms with Crippen LogP contribution < -0.4 is 5.32 Å². The molecular formula is C16H20N2O4S. The first kappa shape index (κ1) is 16.0. The number of carbonyl (C=O) groups excluding carboxylic acids is 3. The number of imide groups is 1. The Bertz CT molecular complexity index is 655. The van der Waals surface area contributed by atoms with E-state index in [1.165, 1.54) is 28.7 Å². The second kappa shape index (κ2) is 6.31. The van der Waals surface area contributed by atoms with E-state index >= 15 is 0 Å². The van der Waals surface area contributed by atoms with Gasteiger partial charge < -0.3 is 10.1 Å². The molecule has 1 N–H and O–H groups in total. The molecule has 0 aromatic carbocycles. The van der Waals surface area contributed by atoms with Crippen LogP contribution in [0.15, 0.2) is 6.07 Å². The summed E-state index contributed by atoms with van der Waals surface area (Å²) in [5.74, 6) is -0.337. The average molecular weight is 336 g/mol. The standard InChI is InChI=1S/C16H20N2O4S/c1-9-3-4-12-11(7-9)8-13(23-12)15(20)22-10(2)14(19)18-6-5-17-16(18)21/h8-10H,3-7H2,1-2H3,(H,17,21)/t9-,10+/m0/s1. The van der Waals surface area contributed by atoms with E-state index in [2.05, 4.69) is 12.2 Å². The summed E-state index contributed by atoms with van der Waals surface area (Å²) in [6.45, 7) is 4.45. The van der Waals surface area contributed by atoms with Crippen molar-refractivity contribution >= 4 is 29.2 Å². The zero-order valence-electron chi connectivity index (χ0n) is 13.3. The number of ether oxygens (including phenoxy) is 1.